The molecule has 1 aliphatic carbocycles. The standard InChI is InChI=1S/C25H24ClN3O3/c1-2-32-25(30)16-5-7-20-15(11-16)4-8-21-23(20)28-29(24(21)18-9-10-31-14-18)19-6-3-17(13-27)22(26)12-19/h3,5-7,11-12,18,21,24H,2,4,8-10,14H2,1H3/t18?,21-,24-/m0/s1. The monoisotopic (exact) mass is 449 g/mol. The number of carbonyl (C=O) groups is 1. The number of ether oxygens (including phenoxy) is 2. The van der Waals surface area contributed by atoms with E-state index in [1.165, 1.54) is 0 Å². The number of nitriles is 1. The summed E-state index contributed by atoms with van der Waals surface area (Å²) in [4.78, 5) is 12.2. The van der Waals surface area contributed by atoms with Gasteiger partial charge in [0.25, 0.3) is 0 Å². The van der Waals surface area contributed by atoms with Gasteiger partial charge in [-0.15, -0.1) is 0 Å². The van der Waals surface area contributed by atoms with Gasteiger partial charge in [0, 0.05) is 24.0 Å². The molecule has 0 saturated carbocycles. The maximum Gasteiger partial charge on any atom is 0.338 e. The van der Waals surface area contributed by atoms with Crippen molar-refractivity contribution in [3.63, 3.8) is 0 Å². The number of hydrogen-bond donors (Lipinski definition) is 0. The van der Waals surface area contributed by atoms with Gasteiger partial charge < -0.3 is 9.47 Å². The van der Waals surface area contributed by atoms with Gasteiger partial charge in [0.1, 0.15) is 6.07 Å². The summed E-state index contributed by atoms with van der Waals surface area (Å²) >= 11 is 6.36. The second-order valence-electron chi connectivity index (χ2n) is 8.46. The molecule has 0 amide bonds. The van der Waals surface area contributed by atoms with Crippen molar-refractivity contribution in [3.05, 3.63) is 63.7 Å². The van der Waals surface area contributed by atoms with Crippen LogP contribution in [0.25, 0.3) is 0 Å². The Balaban J connectivity index is 1.55. The van der Waals surface area contributed by atoms with E-state index in [2.05, 4.69) is 11.1 Å². The molecule has 32 heavy (non-hydrogen) atoms. The molecule has 5 rings (SSSR count). The van der Waals surface area contributed by atoms with Gasteiger partial charge in [-0.05, 0) is 62.1 Å². The summed E-state index contributed by atoms with van der Waals surface area (Å²) in [7, 11) is 0. The molecule has 2 heterocycles. The minimum atomic E-state index is -0.291. The summed E-state index contributed by atoms with van der Waals surface area (Å²) in [5.74, 6) is 0.355. The lowest BCUT2D eigenvalue weighted by Gasteiger charge is -2.34. The van der Waals surface area contributed by atoms with E-state index in [-0.39, 0.29) is 17.9 Å². The van der Waals surface area contributed by atoms with Crippen LogP contribution in [-0.4, -0.2) is 37.5 Å². The third-order valence-corrected chi connectivity index (χ3v) is 6.98. The number of esters is 1. The van der Waals surface area contributed by atoms with E-state index in [1.54, 1.807) is 6.07 Å². The van der Waals surface area contributed by atoms with Crippen molar-refractivity contribution in [1.82, 2.24) is 0 Å². The lowest BCUT2D eigenvalue weighted by atomic mass is 9.75. The molecule has 3 atom stereocenters. The number of aryl methyl sites for hydroxylation is 1. The fraction of sp³-hybridized carbons (Fsp3) is 0.400. The van der Waals surface area contributed by atoms with Crippen LogP contribution in [0.15, 0.2) is 41.5 Å². The Kier molecular flexibility index (Phi) is 5.62. The highest BCUT2D eigenvalue weighted by atomic mass is 35.5. The van der Waals surface area contributed by atoms with Crippen LogP contribution < -0.4 is 5.01 Å². The molecule has 3 aliphatic rings. The highest BCUT2D eigenvalue weighted by molar-refractivity contribution is 6.32. The maximum atomic E-state index is 12.2. The van der Waals surface area contributed by atoms with Crippen LogP contribution in [0.4, 0.5) is 5.69 Å². The van der Waals surface area contributed by atoms with Gasteiger partial charge in [-0.3, -0.25) is 5.01 Å². The lowest BCUT2D eigenvalue weighted by molar-refractivity contribution is 0.0526. The first-order chi connectivity index (χ1) is 15.6. The predicted octanol–water partition coefficient (Wildman–Crippen LogP) is 4.58. The molecule has 2 aliphatic heterocycles. The molecule has 2 aromatic rings. The normalized spacial score (nSPS) is 23.8. The second kappa shape index (κ2) is 8.57. The van der Waals surface area contributed by atoms with E-state index in [0.29, 0.717) is 28.7 Å². The van der Waals surface area contributed by atoms with Crippen LogP contribution >= 0.6 is 11.6 Å². The largest absolute Gasteiger partial charge is 0.462 e. The Labute approximate surface area is 192 Å². The second-order valence-corrected chi connectivity index (χ2v) is 8.86. The Hall–Kier alpha value is -2.88. The van der Waals surface area contributed by atoms with Crippen molar-refractivity contribution in [2.45, 2.75) is 32.2 Å². The van der Waals surface area contributed by atoms with Crippen molar-refractivity contribution in [2.24, 2.45) is 16.9 Å². The van der Waals surface area contributed by atoms with Gasteiger partial charge in [0.15, 0.2) is 0 Å². The molecular weight excluding hydrogens is 426 g/mol. The Morgan fingerprint density at radius 3 is 2.91 bits per heavy atom. The van der Waals surface area contributed by atoms with Crippen LogP contribution in [0.2, 0.25) is 5.02 Å². The Morgan fingerprint density at radius 1 is 1.31 bits per heavy atom. The Bertz CT molecular complexity index is 1130. The van der Waals surface area contributed by atoms with Crippen LogP contribution in [0.3, 0.4) is 0 Å². The molecule has 2 aromatic carbocycles. The van der Waals surface area contributed by atoms with Crippen molar-refractivity contribution < 1.29 is 14.3 Å². The zero-order valence-corrected chi connectivity index (χ0v) is 18.6. The quantitative estimate of drug-likeness (QED) is 0.638. The fourth-order valence-electron chi connectivity index (χ4n) is 5.17. The summed E-state index contributed by atoms with van der Waals surface area (Å²) in [5, 5.41) is 16.9. The van der Waals surface area contributed by atoms with E-state index >= 15 is 0 Å². The lowest BCUT2D eigenvalue weighted by Crippen LogP contribution is -2.41. The number of benzene rings is 2. The van der Waals surface area contributed by atoms with E-state index in [1.807, 2.05) is 37.3 Å². The van der Waals surface area contributed by atoms with Gasteiger partial charge in [-0.2, -0.15) is 10.4 Å². The van der Waals surface area contributed by atoms with Gasteiger partial charge in [-0.1, -0.05) is 17.7 Å². The first-order valence-corrected chi connectivity index (χ1v) is 11.4. The molecule has 0 N–H and O–H groups in total. The highest BCUT2D eigenvalue weighted by Crippen LogP contribution is 2.43. The smallest absolute Gasteiger partial charge is 0.338 e. The van der Waals surface area contributed by atoms with E-state index in [9.17, 15) is 10.1 Å². The van der Waals surface area contributed by atoms with Crippen LogP contribution in [0, 0.1) is 23.2 Å². The minimum absolute atomic E-state index is 0.175. The molecule has 0 aromatic heterocycles. The SMILES string of the molecule is CCOC(=O)c1ccc2c(c1)CC[C@H]1C2=NN(c2ccc(C#N)c(Cl)c2)[C@H]1C1CCOC1. The number of carbonyl (C=O) groups excluding carboxylic acids is 1. The van der Waals surface area contributed by atoms with Crippen molar-refractivity contribution in [1.29, 1.82) is 5.26 Å². The Morgan fingerprint density at radius 2 is 2.19 bits per heavy atom. The number of fused-ring (bicyclic) bond motifs is 3. The zero-order chi connectivity index (χ0) is 22.2. The molecule has 164 valence electrons. The summed E-state index contributed by atoms with van der Waals surface area (Å²) in [6.07, 6.45) is 2.84. The van der Waals surface area contributed by atoms with E-state index in [4.69, 9.17) is 26.2 Å². The van der Waals surface area contributed by atoms with Gasteiger partial charge in [0.2, 0.25) is 0 Å². The van der Waals surface area contributed by atoms with Crippen LogP contribution in [0.5, 0.6) is 0 Å². The number of nitrogens with zero attached hydrogens (tertiary/aromatic N) is 3. The number of hydrazone groups is 1. The zero-order valence-electron chi connectivity index (χ0n) is 17.9. The number of rotatable bonds is 4. The minimum Gasteiger partial charge on any atom is -0.462 e. The molecule has 1 saturated heterocycles. The molecular formula is C25H24ClN3O3. The van der Waals surface area contributed by atoms with Crippen molar-refractivity contribution in [3.8, 4) is 6.07 Å². The molecule has 0 bridgehead atoms. The maximum absolute atomic E-state index is 12.2. The average Bonchev–Trinajstić information content (AvgIpc) is 3.46. The molecule has 1 fully saturated rings. The molecule has 1 unspecified atom stereocenters. The average molecular weight is 450 g/mol. The topological polar surface area (TPSA) is 74.9 Å². The summed E-state index contributed by atoms with van der Waals surface area (Å²) < 4.78 is 10.9. The van der Waals surface area contributed by atoms with Crippen LogP contribution in [0.1, 0.15) is 46.8 Å². The first-order valence-electron chi connectivity index (χ1n) is 11.1. The van der Waals surface area contributed by atoms with E-state index in [0.717, 1.165) is 55.0 Å². The molecule has 7 heteroatoms. The van der Waals surface area contributed by atoms with Gasteiger partial charge >= 0.3 is 5.97 Å². The fourth-order valence-corrected chi connectivity index (χ4v) is 5.39. The number of halogens is 1. The van der Waals surface area contributed by atoms with Gasteiger partial charge in [-0.25, -0.2) is 4.79 Å². The summed E-state index contributed by atoms with van der Waals surface area (Å²) in [6.45, 7) is 3.66. The molecule has 6 nitrogen and oxygen atoms in total. The van der Waals surface area contributed by atoms with Gasteiger partial charge in [0.05, 0.1) is 46.8 Å². The highest BCUT2D eigenvalue weighted by Gasteiger charge is 2.46. The van der Waals surface area contributed by atoms with E-state index < -0.39 is 0 Å². The first kappa shape index (κ1) is 21.0. The van der Waals surface area contributed by atoms with Crippen molar-refractivity contribution in [2.75, 3.05) is 24.8 Å². The third-order valence-electron chi connectivity index (χ3n) is 6.66. The number of hydrogen-bond acceptors (Lipinski definition) is 6. The summed E-state index contributed by atoms with van der Waals surface area (Å²) in [6, 6.07) is 13.6. The third kappa shape index (κ3) is 3.56. The predicted molar refractivity (Wildman–Crippen MR) is 122 cm³/mol. The van der Waals surface area contributed by atoms with Crippen molar-refractivity contribution >= 4 is 29.0 Å². The molecule has 0 radical (unpaired) electrons. The molecule has 0 spiro atoms. The van der Waals surface area contributed by atoms with Crippen LogP contribution in [-0.2, 0) is 15.9 Å². The number of anilines is 1. The summed E-state index contributed by atoms with van der Waals surface area (Å²) in [5.41, 5.74) is 5.21.